The molecular weight excluding hydrogens is 273 g/mol. The molecule has 1 N–H and O–H groups in total. The van der Waals surface area contributed by atoms with Crippen molar-refractivity contribution in [2.24, 2.45) is 0 Å². The van der Waals surface area contributed by atoms with Gasteiger partial charge in [-0.15, -0.1) is 0 Å². The van der Waals surface area contributed by atoms with E-state index in [2.05, 4.69) is 5.32 Å². The monoisotopic (exact) mass is 293 g/mol. The molecule has 1 aliphatic rings. The highest BCUT2D eigenvalue weighted by atomic mass is 19.1. The van der Waals surface area contributed by atoms with Gasteiger partial charge in [0.25, 0.3) is 0 Å². The van der Waals surface area contributed by atoms with Crippen LogP contribution < -0.4 is 5.32 Å². The Labute approximate surface area is 123 Å². The minimum Gasteiger partial charge on any atom is -0.337 e. The summed E-state index contributed by atoms with van der Waals surface area (Å²) in [6.07, 6.45) is 0. The summed E-state index contributed by atoms with van der Waals surface area (Å²) in [6, 6.07) is 6.03. The Bertz CT molecular complexity index is 535. The fourth-order valence-electron chi connectivity index (χ4n) is 2.33. The standard InChI is InChI=1S/C15H20FN3O2/c1-11(12-5-3-4-6-13(12)16)18(2)15(21)10-19-8-7-17-9-14(19)20/h3-6,11,17H,7-10H2,1-2H3/t11-/m1/s1. The number of halogens is 1. The summed E-state index contributed by atoms with van der Waals surface area (Å²) in [7, 11) is 1.63. The van der Waals surface area contributed by atoms with Gasteiger partial charge in [-0.25, -0.2) is 4.39 Å². The first kappa shape index (κ1) is 15.4. The van der Waals surface area contributed by atoms with Crippen molar-refractivity contribution in [3.63, 3.8) is 0 Å². The van der Waals surface area contributed by atoms with E-state index < -0.39 is 0 Å². The van der Waals surface area contributed by atoms with Gasteiger partial charge in [0.15, 0.2) is 0 Å². The van der Waals surface area contributed by atoms with Gasteiger partial charge in [0.1, 0.15) is 5.82 Å². The average Bonchev–Trinajstić information content (AvgIpc) is 2.48. The van der Waals surface area contributed by atoms with Crippen LogP contribution in [0.1, 0.15) is 18.5 Å². The quantitative estimate of drug-likeness (QED) is 0.892. The Morgan fingerprint density at radius 2 is 2.19 bits per heavy atom. The highest BCUT2D eigenvalue weighted by Crippen LogP contribution is 2.21. The second kappa shape index (κ2) is 6.67. The van der Waals surface area contributed by atoms with Gasteiger partial charge in [-0.05, 0) is 13.0 Å². The molecule has 6 heteroatoms. The highest BCUT2D eigenvalue weighted by molar-refractivity contribution is 5.86. The molecule has 0 bridgehead atoms. The van der Waals surface area contributed by atoms with Crippen LogP contribution in [-0.4, -0.2) is 54.8 Å². The van der Waals surface area contributed by atoms with Crippen LogP contribution in [0.4, 0.5) is 4.39 Å². The highest BCUT2D eigenvalue weighted by Gasteiger charge is 2.25. The molecule has 0 radical (unpaired) electrons. The van der Waals surface area contributed by atoms with E-state index in [0.29, 0.717) is 18.7 Å². The second-order valence-corrected chi connectivity index (χ2v) is 5.19. The second-order valence-electron chi connectivity index (χ2n) is 5.19. The number of benzene rings is 1. The van der Waals surface area contributed by atoms with Gasteiger partial charge in [0, 0.05) is 25.7 Å². The van der Waals surface area contributed by atoms with E-state index in [1.54, 1.807) is 32.2 Å². The molecule has 0 saturated carbocycles. The summed E-state index contributed by atoms with van der Waals surface area (Å²) in [6.45, 7) is 3.28. The van der Waals surface area contributed by atoms with E-state index in [1.165, 1.54) is 15.9 Å². The third-order valence-corrected chi connectivity index (χ3v) is 3.84. The van der Waals surface area contributed by atoms with Gasteiger partial charge >= 0.3 is 0 Å². The van der Waals surface area contributed by atoms with Crippen LogP contribution in [0, 0.1) is 5.82 Å². The maximum atomic E-state index is 13.8. The van der Waals surface area contributed by atoms with Gasteiger partial charge in [-0.1, -0.05) is 18.2 Å². The van der Waals surface area contributed by atoms with Crippen LogP contribution in [0.15, 0.2) is 24.3 Å². The fourth-order valence-corrected chi connectivity index (χ4v) is 2.33. The number of rotatable bonds is 4. The summed E-state index contributed by atoms with van der Waals surface area (Å²) in [5.74, 6) is -0.606. The number of piperazine rings is 1. The lowest BCUT2D eigenvalue weighted by Crippen LogP contribution is -2.51. The largest absolute Gasteiger partial charge is 0.337 e. The Morgan fingerprint density at radius 1 is 1.48 bits per heavy atom. The number of nitrogens with one attached hydrogen (secondary N) is 1. The van der Waals surface area contributed by atoms with E-state index in [0.717, 1.165) is 0 Å². The lowest BCUT2D eigenvalue weighted by atomic mass is 10.1. The number of likely N-dealkylation sites (N-methyl/N-ethyl adjacent to an activating group) is 1. The summed E-state index contributed by atoms with van der Waals surface area (Å²) < 4.78 is 13.8. The first-order chi connectivity index (χ1) is 10.0. The van der Waals surface area contributed by atoms with E-state index in [4.69, 9.17) is 0 Å². The van der Waals surface area contributed by atoms with Crippen molar-refractivity contribution >= 4 is 11.8 Å². The summed E-state index contributed by atoms with van der Waals surface area (Å²) in [5.41, 5.74) is 0.472. The zero-order chi connectivity index (χ0) is 15.4. The predicted molar refractivity (Wildman–Crippen MR) is 77.0 cm³/mol. The summed E-state index contributed by atoms with van der Waals surface area (Å²) in [5, 5.41) is 2.96. The van der Waals surface area contributed by atoms with Crippen LogP contribution in [0.3, 0.4) is 0 Å². The number of nitrogens with zero attached hydrogens (tertiary/aromatic N) is 2. The topological polar surface area (TPSA) is 52.7 Å². The molecule has 1 aromatic rings. The van der Waals surface area contributed by atoms with Crippen molar-refractivity contribution in [2.75, 3.05) is 33.2 Å². The normalized spacial score (nSPS) is 16.7. The molecule has 1 atom stereocenters. The lowest BCUT2D eigenvalue weighted by molar-refractivity contribution is -0.141. The molecule has 1 saturated heterocycles. The van der Waals surface area contributed by atoms with Crippen LogP contribution in [0.5, 0.6) is 0 Å². The van der Waals surface area contributed by atoms with Crippen molar-refractivity contribution in [3.05, 3.63) is 35.6 Å². The third-order valence-electron chi connectivity index (χ3n) is 3.84. The molecule has 0 aliphatic carbocycles. The molecule has 21 heavy (non-hydrogen) atoms. The first-order valence-corrected chi connectivity index (χ1v) is 6.99. The molecule has 2 rings (SSSR count). The Kier molecular flexibility index (Phi) is 4.90. The molecular formula is C15H20FN3O2. The molecule has 1 fully saturated rings. The predicted octanol–water partition coefficient (Wildman–Crippen LogP) is 0.777. The van der Waals surface area contributed by atoms with Gasteiger partial charge in [-0.3, -0.25) is 9.59 Å². The molecule has 0 unspecified atom stereocenters. The van der Waals surface area contributed by atoms with Crippen molar-refractivity contribution in [1.29, 1.82) is 0 Å². The summed E-state index contributed by atoms with van der Waals surface area (Å²) in [4.78, 5) is 27.0. The van der Waals surface area contributed by atoms with Gasteiger partial charge in [0.2, 0.25) is 11.8 Å². The number of hydrogen-bond donors (Lipinski definition) is 1. The van der Waals surface area contributed by atoms with Crippen molar-refractivity contribution in [3.8, 4) is 0 Å². The number of hydrogen-bond acceptors (Lipinski definition) is 3. The van der Waals surface area contributed by atoms with Crippen LogP contribution in [-0.2, 0) is 9.59 Å². The van der Waals surface area contributed by atoms with Crippen LogP contribution >= 0.6 is 0 Å². The lowest BCUT2D eigenvalue weighted by Gasteiger charge is -2.31. The molecule has 1 aromatic carbocycles. The molecule has 5 nitrogen and oxygen atoms in total. The van der Waals surface area contributed by atoms with Gasteiger partial charge < -0.3 is 15.1 Å². The average molecular weight is 293 g/mol. The number of carbonyl (C=O) groups is 2. The SMILES string of the molecule is C[C@H](c1ccccc1F)N(C)C(=O)CN1CCNCC1=O. The Morgan fingerprint density at radius 3 is 2.86 bits per heavy atom. The van der Waals surface area contributed by atoms with Crippen molar-refractivity contribution in [2.45, 2.75) is 13.0 Å². The molecule has 114 valence electrons. The molecule has 1 aliphatic heterocycles. The zero-order valence-corrected chi connectivity index (χ0v) is 12.3. The molecule has 1 heterocycles. The minimum atomic E-state index is -0.378. The molecule has 2 amide bonds. The number of amides is 2. The molecule has 0 spiro atoms. The zero-order valence-electron chi connectivity index (χ0n) is 12.3. The van der Waals surface area contributed by atoms with Crippen LogP contribution in [0.25, 0.3) is 0 Å². The van der Waals surface area contributed by atoms with E-state index in [-0.39, 0.29) is 36.8 Å². The Hall–Kier alpha value is -1.95. The first-order valence-electron chi connectivity index (χ1n) is 6.99. The van der Waals surface area contributed by atoms with Crippen LogP contribution in [0.2, 0.25) is 0 Å². The number of carbonyl (C=O) groups excluding carboxylic acids is 2. The third kappa shape index (κ3) is 3.58. The van der Waals surface area contributed by atoms with Crippen molar-refractivity contribution < 1.29 is 14.0 Å². The minimum absolute atomic E-state index is 0.0375. The van der Waals surface area contributed by atoms with Gasteiger partial charge in [-0.2, -0.15) is 0 Å². The molecule has 0 aromatic heterocycles. The van der Waals surface area contributed by atoms with Gasteiger partial charge in [0.05, 0.1) is 19.1 Å². The van der Waals surface area contributed by atoms with E-state index in [9.17, 15) is 14.0 Å². The van der Waals surface area contributed by atoms with E-state index >= 15 is 0 Å². The van der Waals surface area contributed by atoms with Crippen molar-refractivity contribution in [1.82, 2.24) is 15.1 Å². The fraction of sp³-hybridized carbons (Fsp3) is 0.467. The maximum Gasteiger partial charge on any atom is 0.242 e. The Balaban J connectivity index is 2.01. The smallest absolute Gasteiger partial charge is 0.242 e. The van der Waals surface area contributed by atoms with E-state index in [1.807, 2.05) is 0 Å². The summed E-state index contributed by atoms with van der Waals surface area (Å²) >= 11 is 0. The maximum absolute atomic E-state index is 13.8.